The summed E-state index contributed by atoms with van der Waals surface area (Å²) in [5.74, 6) is -0.940. The van der Waals surface area contributed by atoms with Crippen molar-refractivity contribution < 1.29 is 28.9 Å². The third-order valence-corrected chi connectivity index (χ3v) is 8.23. The van der Waals surface area contributed by atoms with E-state index in [0.717, 1.165) is 29.6 Å². The Kier molecular flexibility index (Phi) is 7.58. The van der Waals surface area contributed by atoms with E-state index in [0.29, 0.717) is 42.4 Å². The Morgan fingerprint density at radius 1 is 0.884 bits per heavy atom. The van der Waals surface area contributed by atoms with Gasteiger partial charge in [0.2, 0.25) is 5.75 Å². The molecule has 0 fully saturated rings. The minimum Gasteiger partial charge on any atom is -0.490 e. The molecule has 1 aliphatic heterocycles. The van der Waals surface area contributed by atoms with E-state index in [9.17, 15) is 29.8 Å². The molecule has 1 N–H and O–H groups in total. The summed E-state index contributed by atoms with van der Waals surface area (Å²) < 4.78 is 11.8. The lowest BCUT2D eigenvalue weighted by Gasteiger charge is -2.44. The highest BCUT2D eigenvalue weighted by Gasteiger charge is 2.46. The maximum absolute atomic E-state index is 13.7. The van der Waals surface area contributed by atoms with Crippen LogP contribution < -0.4 is 14.8 Å². The first-order valence-corrected chi connectivity index (χ1v) is 14.3. The van der Waals surface area contributed by atoms with Gasteiger partial charge in [0.15, 0.2) is 23.1 Å². The average molecular weight is 610 g/mol. The van der Waals surface area contributed by atoms with Gasteiger partial charge in [0.25, 0.3) is 5.69 Å². The zero-order chi connectivity index (χ0) is 31.4. The number of Topliss-reactive ketones (excluding diaryl/α,β-unsaturated/α-hetero) is 2. The first-order valence-electron chi connectivity index (χ1n) is 14.0. The van der Waals surface area contributed by atoms with Gasteiger partial charge in [-0.05, 0) is 54.4 Å². The fourth-order valence-corrected chi connectivity index (χ4v) is 6.55. The maximum atomic E-state index is 13.7. The molecule has 0 unspecified atom stereocenters. The van der Waals surface area contributed by atoms with Crippen molar-refractivity contribution >= 4 is 34.5 Å². The molecular formula is C31H32ClN3O8. The number of nitrogens with one attached hydrogen (secondary N) is 1. The summed E-state index contributed by atoms with van der Waals surface area (Å²) in [7, 11) is 0. The molecule has 1 heterocycles. The summed E-state index contributed by atoms with van der Waals surface area (Å²) in [6, 6.07) is 6.26. The number of ketones is 2. The fraction of sp³-hybridized carbons (Fsp3) is 0.419. The predicted octanol–water partition coefficient (Wildman–Crippen LogP) is 7.32. The number of hydrogen-bond donors (Lipinski definition) is 1. The lowest BCUT2D eigenvalue weighted by Crippen LogP contribution is -2.42. The van der Waals surface area contributed by atoms with Gasteiger partial charge < -0.3 is 14.8 Å². The van der Waals surface area contributed by atoms with E-state index in [1.807, 2.05) is 27.7 Å². The number of carbonyl (C=O) groups excluding carboxylic acids is 2. The van der Waals surface area contributed by atoms with E-state index in [2.05, 4.69) is 5.32 Å². The van der Waals surface area contributed by atoms with Crippen molar-refractivity contribution in [2.24, 2.45) is 10.8 Å². The van der Waals surface area contributed by atoms with Crippen LogP contribution in [0.25, 0.3) is 0 Å². The Hall–Kier alpha value is -4.25. The van der Waals surface area contributed by atoms with Crippen molar-refractivity contribution in [3.05, 3.63) is 83.7 Å². The number of nitrogens with zero attached hydrogens (tertiary/aromatic N) is 2. The van der Waals surface area contributed by atoms with Crippen LogP contribution in [0.4, 0.5) is 11.4 Å². The van der Waals surface area contributed by atoms with Crippen LogP contribution in [0, 0.1) is 31.1 Å². The van der Waals surface area contributed by atoms with E-state index in [1.165, 1.54) is 0 Å². The number of ether oxygens (including phenoxy) is 2. The van der Waals surface area contributed by atoms with Gasteiger partial charge in [-0.1, -0.05) is 39.3 Å². The lowest BCUT2D eigenvalue weighted by molar-refractivity contribution is -0.394. The lowest BCUT2D eigenvalue weighted by atomic mass is 9.64. The van der Waals surface area contributed by atoms with Crippen LogP contribution in [0.15, 0.2) is 52.9 Å². The molecule has 12 heteroatoms. The average Bonchev–Trinajstić information content (AvgIpc) is 2.87. The number of hydrogen-bond acceptors (Lipinski definition) is 9. The molecule has 11 nitrogen and oxygen atoms in total. The molecule has 0 spiro atoms. The van der Waals surface area contributed by atoms with Crippen molar-refractivity contribution in [3.8, 4) is 17.2 Å². The highest BCUT2D eigenvalue weighted by Crippen LogP contribution is 2.53. The smallest absolute Gasteiger partial charge is 0.318 e. The minimum atomic E-state index is -0.783. The SMILES string of the molecule is CCOc1cc(C2C3=C(CC(C)(C)CC3=O)NC3=C2C(=O)CC(C)(C)C3)cc(Cl)c1Oc1ccc([N+](=O)[O-])cc1[N+](=O)[O-]. The Balaban J connectivity index is 1.66. The second kappa shape index (κ2) is 10.8. The van der Waals surface area contributed by atoms with Gasteiger partial charge in [0, 0.05) is 47.4 Å². The standard InChI is InChI=1S/C31H32ClN3O8/c1-6-42-25-10-16(9-18(32)29(25)43-24-8-7-17(34(38)39)11-21(24)35(40)41)26-27-19(12-30(2,3)14-22(27)36)33-20-13-31(4,5)15-23(37)28(20)26/h7-11,26,33H,6,12-15H2,1-5H3. The maximum Gasteiger partial charge on any atom is 0.318 e. The molecule has 0 atom stereocenters. The van der Waals surface area contributed by atoms with Crippen LogP contribution >= 0.6 is 11.6 Å². The van der Waals surface area contributed by atoms with Crippen LogP contribution in [0.2, 0.25) is 5.02 Å². The van der Waals surface area contributed by atoms with Crippen molar-refractivity contribution in [1.29, 1.82) is 0 Å². The van der Waals surface area contributed by atoms with Gasteiger partial charge in [-0.2, -0.15) is 0 Å². The van der Waals surface area contributed by atoms with E-state index < -0.39 is 27.1 Å². The fourth-order valence-electron chi connectivity index (χ4n) is 6.30. The number of non-ortho nitro benzene ring substituents is 1. The Morgan fingerprint density at radius 2 is 1.47 bits per heavy atom. The Morgan fingerprint density at radius 3 is 1.98 bits per heavy atom. The molecule has 3 aliphatic rings. The van der Waals surface area contributed by atoms with Crippen LogP contribution in [-0.4, -0.2) is 28.0 Å². The first-order chi connectivity index (χ1) is 20.1. The summed E-state index contributed by atoms with van der Waals surface area (Å²) in [4.78, 5) is 48.8. The van der Waals surface area contributed by atoms with Gasteiger partial charge in [-0.15, -0.1) is 0 Å². The quantitative estimate of drug-likeness (QED) is 0.251. The number of nitro groups is 2. The Labute approximate surface area is 253 Å². The second-order valence-corrected chi connectivity index (χ2v) is 13.2. The van der Waals surface area contributed by atoms with Crippen LogP contribution in [0.3, 0.4) is 0 Å². The molecule has 0 saturated heterocycles. The van der Waals surface area contributed by atoms with E-state index in [1.54, 1.807) is 19.1 Å². The largest absolute Gasteiger partial charge is 0.490 e. The second-order valence-electron chi connectivity index (χ2n) is 12.8. The first kappa shape index (κ1) is 30.2. The molecule has 2 aromatic carbocycles. The summed E-state index contributed by atoms with van der Waals surface area (Å²) in [5, 5.41) is 26.4. The topological polar surface area (TPSA) is 151 Å². The third-order valence-electron chi connectivity index (χ3n) is 7.95. The zero-order valence-corrected chi connectivity index (χ0v) is 25.3. The van der Waals surface area contributed by atoms with Gasteiger partial charge in [-0.25, -0.2) is 0 Å². The number of carbonyl (C=O) groups is 2. The number of allylic oxidation sites excluding steroid dienone is 4. The van der Waals surface area contributed by atoms with Gasteiger partial charge >= 0.3 is 5.69 Å². The summed E-state index contributed by atoms with van der Waals surface area (Å²) in [6.45, 7) is 10.1. The zero-order valence-electron chi connectivity index (χ0n) is 24.5. The van der Waals surface area contributed by atoms with Crippen LogP contribution in [0.1, 0.15) is 71.8 Å². The number of benzene rings is 2. The molecular weight excluding hydrogens is 578 g/mol. The van der Waals surface area contributed by atoms with Gasteiger partial charge in [0.05, 0.1) is 27.5 Å². The van der Waals surface area contributed by atoms with Crippen molar-refractivity contribution in [3.63, 3.8) is 0 Å². The van der Waals surface area contributed by atoms with Crippen LogP contribution in [-0.2, 0) is 9.59 Å². The molecule has 5 rings (SSSR count). The minimum absolute atomic E-state index is 0.0311. The number of rotatable bonds is 7. The molecule has 226 valence electrons. The summed E-state index contributed by atoms with van der Waals surface area (Å²) in [5.41, 5.74) is 1.61. The molecule has 2 aromatic rings. The van der Waals surface area contributed by atoms with Crippen molar-refractivity contribution in [2.45, 2.75) is 66.2 Å². The van der Waals surface area contributed by atoms with Crippen molar-refractivity contribution in [2.75, 3.05) is 6.61 Å². The number of halogens is 1. The molecule has 0 aromatic heterocycles. The molecule has 43 heavy (non-hydrogen) atoms. The van der Waals surface area contributed by atoms with E-state index in [-0.39, 0.29) is 51.3 Å². The number of nitro benzene ring substituents is 2. The Bertz CT molecular complexity index is 1600. The van der Waals surface area contributed by atoms with Gasteiger partial charge in [0.1, 0.15) is 0 Å². The number of dihydropyridines is 1. The van der Waals surface area contributed by atoms with Crippen LogP contribution in [0.5, 0.6) is 17.2 Å². The van der Waals surface area contributed by atoms with Gasteiger partial charge in [-0.3, -0.25) is 29.8 Å². The molecule has 0 radical (unpaired) electrons. The highest BCUT2D eigenvalue weighted by molar-refractivity contribution is 6.32. The molecule has 0 bridgehead atoms. The summed E-state index contributed by atoms with van der Waals surface area (Å²) >= 11 is 6.77. The molecule has 0 amide bonds. The van der Waals surface area contributed by atoms with Crippen molar-refractivity contribution in [1.82, 2.24) is 5.32 Å². The summed E-state index contributed by atoms with van der Waals surface area (Å²) in [6.07, 6.45) is 1.91. The normalized spacial score (nSPS) is 19.4. The highest BCUT2D eigenvalue weighted by atomic mass is 35.5. The van der Waals surface area contributed by atoms with E-state index >= 15 is 0 Å². The third kappa shape index (κ3) is 5.73. The predicted molar refractivity (Wildman–Crippen MR) is 158 cm³/mol. The molecule has 2 aliphatic carbocycles. The van der Waals surface area contributed by atoms with E-state index in [4.69, 9.17) is 21.1 Å². The monoisotopic (exact) mass is 609 g/mol. The molecule has 0 saturated carbocycles.